The van der Waals surface area contributed by atoms with E-state index in [0.29, 0.717) is 11.8 Å². The van der Waals surface area contributed by atoms with Gasteiger partial charge in [0.2, 0.25) is 11.8 Å². The van der Waals surface area contributed by atoms with E-state index >= 15 is 0 Å². The maximum atomic E-state index is 12.9. The first-order valence-electron chi connectivity index (χ1n) is 8.54. The second-order valence-corrected chi connectivity index (χ2v) is 7.35. The molecule has 0 unspecified atom stereocenters. The van der Waals surface area contributed by atoms with E-state index in [0.717, 1.165) is 11.3 Å². The van der Waals surface area contributed by atoms with Crippen LogP contribution >= 0.6 is 0 Å². The maximum absolute atomic E-state index is 12.9. The van der Waals surface area contributed by atoms with Crippen LogP contribution in [0.5, 0.6) is 5.75 Å². The molecule has 6 rings (SSSR count). The van der Waals surface area contributed by atoms with Gasteiger partial charge in [0.25, 0.3) is 0 Å². The van der Waals surface area contributed by atoms with Crippen LogP contribution in [-0.4, -0.2) is 29.2 Å². The molecule has 0 N–H and O–H groups in total. The first-order valence-corrected chi connectivity index (χ1v) is 8.54. The number of rotatable bonds is 3. The highest BCUT2D eigenvalue weighted by Crippen LogP contribution is 2.65. The minimum atomic E-state index is -0.697. The van der Waals surface area contributed by atoms with Gasteiger partial charge in [0, 0.05) is 0 Å². The summed E-state index contributed by atoms with van der Waals surface area (Å²) in [5.74, 6) is -0.762. The molecule has 1 saturated heterocycles. The lowest BCUT2D eigenvalue weighted by Crippen LogP contribution is -2.40. The van der Waals surface area contributed by atoms with Crippen molar-refractivity contribution in [3.8, 4) is 5.75 Å². The number of hydrogen-bond donors (Lipinski definition) is 0. The Bertz CT molecular complexity index is 781. The minimum Gasteiger partial charge on any atom is -0.425 e. The predicted molar refractivity (Wildman–Crippen MR) is 83.5 cm³/mol. The van der Waals surface area contributed by atoms with E-state index in [-0.39, 0.29) is 41.2 Å². The first kappa shape index (κ1) is 14.8. The number of halogens is 1. The van der Waals surface area contributed by atoms with Crippen LogP contribution in [-0.2, 0) is 14.4 Å². The van der Waals surface area contributed by atoms with Crippen LogP contribution in [0.4, 0.5) is 4.39 Å². The van der Waals surface area contributed by atoms with Crippen LogP contribution in [0.2, 0.25) is 0 Å². The number of nitrogens with zero attached hydrogens (tertiary/aromatic N) is 1. The SMILES string of the molecule is O=C(CN1C(=O)[C@@H]2[C@H]3C=C[C@@H]([C@@H]4C[C@H]34)[C@@H]2C1=O)Oc1ccc(F)cc1. The van der Waals surface area contributed by atoms with Crippen molar-refractivity contribution in [2.24, 2.45) is 35.5 Å². The Morgan fingerprint density at radius 1 is 1.04 bits per heavy atom. The zero-order valence-corrected chi connectivity index (χ0v) is 13.3. The highest BCUT2D eigenvalue weighted by Gasteiger charge is 2.67. The number of amides is 2. The molecule has 6 heteroatoms. The topological polar surface area (TPSA) is 63.7 Å². The van der Waals surface area contributed by atoms with Crippen molar-refractivity contribution in [3.63, 3.8) is 0 Å². The molecule has 0 spiro atoms. The molecule has 6 atom stereocenters. The van der Waals surface area contributed by atoms with Crippen LogP contribution in [0, 0.1) is 41.3 Å². The predicted octanol–water partition coefficient (Wildman–Crippen LogP) is 1.78. The zero-order chi connectivity index (χ0) is 17.3. The number of likely N-dealkylation sites (tertiary alicyclic amines) is 1. The van der Waals surface area contributed by atoms with Crippen molar-refractivity contribution in [1.29, 1.82) is 0 Å². The molecular weight excluding hydrogens is 325 g/mol. The number of hydrogen-bond acceptors (Lipinski definition) is 4. The summed E-state index contributed by atoms with van der Waals surface area (Å²) in [5.41, 5.74) is 0. The molecule has 1 heterocycles. The molecule has 4 aliphatic carbocycles. The van der Waals surface area contributed by atoms with E-state index in [2.05, 4.69) is 12.2 Å². The van der Waals surface area contributed by atoms with E-state index in [1.807, 2.05) is 0 Å². The fourth-order valence-corrected chi connectivity index (χ4v) is 4.97. The minimum absolute atomic E-state index is 0.134. The molecule has 1 aromatic rings. The Labute approximate surface area is 143 Å². The fraction of sp³-hybridized carbons (Fsp3) is 0.421. The summed E-state index contributed by atoms with van der Waals surface area (Å²) in [4.78, 5) is 38.7. The lowest BCUT2D eigenvalue weighted by Gasteiger charge is -2.37. The largest absolute Gasteiger partial charge is 0.425 e. The van der Waals surface area contributed by atoms with E-state index in [1.54, 1.807) is 0 Å². The highest BCUT2D eigenvalue weighted by atomic mass is 19.1. The molecule has 2 saturated carbocycles. The van der Waals surface area contributed by atoms with Crippen molar-refractivity contribution >= 4 is 17.8 Å². The average molecular weight is 341 g/mol. The first-order chi connectivity index (χ1) is 12.0. The summed E-state index contributed by atoms with van der Waals surface area (Å²) in [6.07, 6.45) is 5.28. The molecule has 25 heavy (non-hydrogen) atoms. The molecule has 1 aliphatic heterocycles. The van der Waals surface area contributed by atoms with Crippen LogP contribution in [0.25, 0.3) is 0 Å². The third-order valence-corrected chi connectivity index (χ3v) is 6.09. The average Bonchev–Trinajstić information content (AvgIpc) is 3.38. The van der Waals surface area contributed by atoms with Gasteiger partial charge < -0.3 is 4.74 Å². The molecule has 5 nitrogen and oxygen atoms in total. The molecule has 128 valence electrons. The molecule has 1 aromatic carbocycles. The van der Waals surface area contributed by atoms with Crippen LogP contribution < -0.4 is 4.74 Å². The van der Waals surface area contributed by atoms with Gasteiger partial charge in [-0.2, -0.15) is 0 Å². The van der Waals surface area contributed by atoms with Crippen LogP contribution in [0.15, 0.2) is 36.4 Å². The Morgan fingerprint density at radius 3 is 2.16 bits per heavy atom. The van der Waals surface area contributed by atoms with Crippen molar-refractivity contribution in [2.45, 2.75) is 6.42 Å². The van der Waals surface area contributed by atoms with E-state index < -0.39 is 18.3 Å². The standard InChI is InChI=1S/C19H16FNO4/c20-9-1-3-10(4-2-9)25-15(22)8-21-18(23)16-11-5-6-12(14-7-13(11)14)17(16)19(21)24/h1-6,11-14,16-17H,7-8H2/t11-,12-,13-,14+,16-,17+/m0/s1. The molecule has 3 fully saturated rings. The number of benzene rings is 1. The Morgan fingerprint density at radius 2 is 1.60 bits per heavy atom. The van der Waals surface area contributed by atoms with Gasteiger partial charge in [0.15, 0.2) is 0 Å². The number of esters is 1. The second kappa shape index (κ2) is 5.00. The van der Waals surface area contributed by atoms with E-state index in [4.69, 9.17) is 4.74 Å². The number of allylic oxidation sites excluding steroid dienone is 2. The molecule has 2 amide bonds. The summed E-state index contributed by atoms with van der Waals surface area (Å²) in [5, 5.41) is 0. The van der Waals surface area contributed by atoms with Crippen molar-refractivity contribution in [3.05, 3.63) is 42.2 Å². The smallest absolute Gasteiger partial charge is 0.331 e. The van der Waals surface area contributed by atoms with Crippen LogP contribution in [0.1, 0.15) is 6.42 Å². The normalized spacial score (nSPS) is 37.1. The van der Waals surface area contributed by atoms with Crippen molar-refractivity contribution in [1.82, 2.24) is 4.90 Å². The van der Waals surface area contributed by atoms with Gasteiger partial charge in [-0.05, 0) is 54.4 Å². The van der Waals surface area contributed by atoms with Gasteiger partial charge in [-0.3, -0.25) is 14.5 Å². The Hall–Kier alpha value is -2.50. The molecular formula is C19H16FNO4. The molecule has 5 aliphatic rings. The van der Waals surface area contributed by atoms with E-state index in [9.17, 15) is 18.8 Å². The lowest BCUT2D eigenvalue weighted by molar-refractivity contribution is -0.148. The van der Waals surface area contributed by atoms with E-state index in [1.165, 1.54) is 24.3 Å². The summed E-state index contributed by atoms with van der Waals surface area (Å²) in [7, 11) is 0. The zero-order valence-electron chi connectivity index (χ0n) is 13.3. The summed E-state index contributed by atoms with van der Waals surface area (Å²) >= 11 is 0. The number of imide groups is 1. The number of ether oxygens (including phenoxy) is 1. The quantitative estimate of drug-likeness (QED) is 0.364. The van der Waals surface area contributed by atoms with Gasteiger partial charge in [0.1, 0.15) is 18.1 Å². The van der Waals surface area contributed by atoms with Crippen LogP contribution in [0.3, 0.4) is 0 Å². The second-order valence-electron chi connectivity index (χ2n) is 7.35. The van der Waals surface area contributed by atoms with Gasteiger partial charge in [-0.1, -0.05) is 12.2 Å². The van der Waals surface area contributed by atoms with Gasteiger partial charge >= 0.3 is 5.97 Å². The van der Waals surface area contributed by atoms with Crippen molar-refractivity contribution in [2.75, 3.05) is 6.54 Å². The summed E-state index contributed by atoms with van der Waals surface area (Å²) in [6.45, 7) is -0.392. The van der Waals surface area contributed by atoms with Gasteiger partial charge in [0.05, 0.1) is 11.8 Å². The third-order valence-electron chi connectivity index (χ3n) is 6.09. The summed E-state index contributed by atoms with van der Waals surface area (Å²) < 4.78 is 18.0. The highest BCUT2D eigenvalue weighted by molar-refractivity contribution is 6.08. The number of carbonyl (C=O) groups is 3. The monoisotopic (exact) mass is 341 g/mol. The van der Waals surface area contributed by atoms with Gasteiger partial charge in [-0.25, -0.2) is 9.18 Å². The van der Waals surface area contributed by atoms with Crippen molar-refractivity contribution < 1.29 is 23.5 Å². The Kier molecular flexibility index (Phi) is 2.96. The lowest BCUT2D eigenvalue weighted by atomic mass is 9.63. The third kappa shape index (κ3) is 2.09. The number of carbonyl (C=O) groups excluding carboxylic acids is 3. The Balaban J connectivity index is 1.32. The molecule has 0 aromatic heterocycles. The molecule has 2 bridgehead atoms. The molecule has 0 radical (unpaired) electrons. The maximum Gasteiger partial charge on any atom is 0.331 e. The summed E-state index contributed by atoms with van der Waals surface area (Å²) in [6, 6.07) is 5.02. The fourth-order valence-electron chi connectivity index (χ4n) is 4.97. The van der Waals surface area contributed by atoms with Gasteiger partial charge in [-0.15, -0.1) is 0 Å².